The number of aryl methyl sites for hydroxylation is 2. The largest absolute Gasteiger partial charge is 0.340 e. The zero-order valence-corrected chi connectivity index (χ0v) is 19.2. The van der Waals surface area contributed by atoms with Crippen molar-refractivity contribution < 1.29 is 17.2 Å². The minimum absolute atomic E-state index is 0.0868. The predicted molar refractivity (Wildman–Crippen MR) is 124 cm³/mol. The monoisotopic (exact) mass is 473 g/mol. The van der Waals surface area contributed by atoms with E-state index in [1.54, 1.807) is 0 Å². The van der Waals surface area contributed by atoms with Gasteiger partial charge >= 0.3 is 0 Å². The summed E-state index contributed by atoms with van der Waals surface area (Å²) in [6, 6.07) is 12.6. The van der Waals surface area contributed by atoms with Gasteiger partial charge in [0.2, 0.25) is 16.0 Å². The first-order chi connectivity index (χ1) is 15.7. The first kappa shape index (κ1) is 23.1. The summed E-state index contributed by atoms with van der Waals surface area (Å²) in [5, 5.41) is 3.28. The van der Waals surface area contributed by atoms with Crippen LogP contribution in [0.4, 0.5) is 26.2 Å². The van der Waals surface area contributed by atoms with E-state index in [0.717, 1.165) is 35.1 Å². The van der Waals surface area contributed by atoms with Gasteiger partial charge in [0, 0.05) is 49.7 Å². The molecule has 1 fully saturated rings. The molecular weight excluding hydrogens is 448 g/mol. The number of piperazine rings is 1. The van der Waals surface area contributed by atoms with Crippen LogP contribution < -0.4 is 10.2 Å². The summed E-state index contributed by atoms with van der Waals surface area (Å²) in [6.45, 7) is 5.18. The lowest BCUT2D eigenvalue weighted by atomic mass is 10.2. The van der Waals surface area contributed by atoms with Gasteiger partial charge in [-0.1, -0.05) is 17.7 Å². The third-order valence-electron chi connectivity index (χ3n) is 5.35. The fraction of sp³-hybridized carbons (Fsp3) is 0.304. The van der Waals surface area contributed by atoms with Crippen LogP contribution >= 0.6 is 0 Å². The van der Waals surface area contributed by atoms with E-state index in [1.807, 2.05) is 49.1 Å². The molecule has 1 N–H and O–H groups in total. The molecule has 0 atom stereocenters. The quantitative estimate of drug-likeness (QED) is 0.587. The molecule has 1 aliphatic rings. The Labute approximate surface area is 192 Å². The molecule has 2 aromatic carbocycles. The summed E-state index contributed by atoms with van der Waals surface area (Å²) in [5.74, 6) is -0.862. The van der Waals surface area contributed by atoms with Gasteiger partial charge in [0.15, 0.2) is 0 Å². The van der Waals surface area contributed by atoms with Crippen molar-refractivity contribution in [2.75, 3.05) is 36.4 Å². The number of nitrogens with one attached hydrogen (secondary N) is 1. The van der Waals surface area contributed by atoms with Crippen molar-refractivity contribution in [3.8, 4) is 0 Å². The van der Waals surface area contributed by atoms with Crippen molar-refractivity contribution in [2.45, 2.75) is 19.6 Å². The van der Waals surface area contributed by atoms with Gasteiger partial charge in [0.05, 0.1) is 5.75 Å². The average molecular weight is 474 g/mol. The number of benzene rings is 2. The number of rotatable bonds is 6. The van der Waals surface area contributed by atoms with E-state index < -0.39 is 27.4 Å². The summed E-state index contributed by atoms with van der Waals surface area (Å²) in [5.41, 5.74) is 2.95. The van der Waals surface area contributed by atoms with E-state index in [0.29, 0.717) is 24.9 Å². The smallest absolute Gasteiger partial charge is 0.227 e. The predicted octanol–water partition coefficient (Wildman–Crippen LogP) is 3.77. The maximum absolute atomic E-state index is 13.4. The van der Waals surface area contributed by atoms with Crippen LogP contribution in [-0.2, 0) is 15.8 Å². The average Bonchev–Trinajstić information content (AvgIpc) is 2.74. The number of nitrogens with zero attached hydrogens (tertiary/aromatic N) is 4. The van der Waals surface area contributed by atoms with Crippen LogP contribution in [0.2, 0.25) is 0 Å². The summed E-state index contributed by atoms with van der Waals surface area (Å²) >= 11 is 0. The van der Waals surface area contributed by atoms with Crippen LogP contribution in [0.1, 0.15) is 16.8 Å². The first-order valence-electron chi connectivity index (χ1n) is 10.5. The lowest BCUT2D eigenvalue weighted by Crippen LogP contribution is -2.49. The molecule has 33 heavy (non-hydrogen) atoms. The van der Waals surface area contributed by atoms with Gasteiger partial charge in [-0.25, -0.2) is 22.2 Å². The standard InChI is InChI=1S/C23H25F2N5O2S/c1-16-3-5-21(6-4-16)27-22-11-17(2)26-23(28-22)29-7-9-30(10-8-29)33(31,32)15-18-12-19(24)14-20(25)13-18/h3-6,11-14H,7-10,15H2,1-2H3,(H,26,27,28). The molecule has 0 saturated carbocycles. The molecule has 0 unspecified atom stereocenters. The highest BCUT2D eigenvalue weighted by molar-refractivity contribution is 7.88. The number of anilines is 3. The second-order valence-electron chi connectivity index (χ2n) is 8.11. The Kier molecular flexibility index (Phi) is 6.57. The summed E-state index contributed by atoms with van der Waals surface area (Å²) < 4.78 is 53.8. The molecule has 1 aromatic heterocycles. The Morgan fingerprint density at radius 2 is 1.55 bits per heavy atom. The van der Waals surface area contributed by atoms with Gasteiger partial charge in [0.1, 0.15) is 17.5 Å². The number of hydrogen-bond acceptors (Lipinski definition) is 6. The second kappa shape index (κ2) is 9.40. The normalized spacial score (nSPS) is 15.0. The zero-order valence-electron chi connectivity index (χ0n) is 18.4. The molecule has 10 heteroatoms. The molecule has 0 radical (unpaired) electrons. The molecule has 3 aromatic rings. The lowest BCUT2D eigenvalue weighted by Gasteiger charge is -2.34. The molecule has 0 aliphatic carbocycles. The third kappa shape index (κ3) is 5.82. The molecule has 2 heterocycles. The highest BCUT2D eigenvalue weighted by Gasteiger charge is 2.28. The van der Waals surface area contributed by atoms with Gasteiger partial charge in [-0.15, -0.1) is 0 Å². The van der Waals surface area contributed by atoms with Gasteiger partial charge in [-0.3, -0.25) is 0 Å². The van der Waals surface area contributed by atoms with Gasteiger partial charge in [-0.05, 0) is 43.7 Å². The van der Waals surface area contributed by atoms with Crippen LogP contribution in [0.3, 0.4) is 0 Å². The Balaban J connectivity index is 1.43. The van der Waals surface area contributed by atoms with E-state index >= 15 is 0 Å². The highest BCUT2D eigenvalue weighted by atomic mass is 32.2. The first-order valence-corrected chi connectivity index (χ1v) is 12.2. The van der Waals surface area contributed by atoms with Gasteiger partial charge < -0.3 is 10.2 Å². The minimum Gasteiger partial charge on any atom is -0.340 e. The SMILES string of the molecule is Cc1ccc(Nc2cc(C)nc(N3CCN(S(=O)(=O)Cc4cc(F)cc(F)c4)CC3)n2)cc1. The number of halogens is 2. The van der Waals surface area contributed by atoms with Crippen molar-refractivity contribution in [1.29, 1.82) is 0 Å². The molecule has 0 spiro atoms. The minimum atomic E-state index is -3.72. The fourth-order valence-corrected chi connectivity index (χ4v) is 5.20. The fourth-order valence-electron chi connectivity index (χ4n) is 3.71. The Hall–Kier alpha value is -3.11. The van der Waals surface area contributed by atoms with E-state index in [1.165, 1.54) is 4.31 Å². The topological polar surface area (TPSA) is 78.4 Å². The number of aromatic nitrogens is 2. The van der Waals surface area contributed by atoms with E-state index in [9.17, 15) is 17.2 Å². The maximum atomic E-state index is 13.4. The molecule has 0 amide bonds. The van der Waals surface area contributed by atoms with E-state index in [4.69, 9.17) is 0 Å². The Bertz CT molecular complexity index is 1220. The van der Waals surface area contributed by atoms with E-state index in [-0.39, 0.29) is 18.7 Å². The molecular formula is C23H25F2N5O2S. The summed E-state index contributed by atoms with van der Waals surface area (Å²) in [7, 11) is -3.72. The summed E-state index contributed by atoms with van der Waals surface area (Å²) in [4.78, 5) is 11.0. The lowest BCUT2D eigenvalue weighted by molar-refractivity contribution is 0.382. The van der Waals surface area contributed by atoms with E-state index in [2.05, 4.69) is 15.3 Å². The van der Waals surface area contributed by atoms with Crippen molar-refractivity contribution in [3.63, 3.8) is 0 Å². The Morgan fingerprint density at radius 1 is 0.909 bits per heavy atom. The molecule has 174 valence electrons. The van der Waals surface area contributed by atoms with Crippen molar-refractivity contribution in [2.24, 2.45) is 0 Å². The van der Waals surface area contributed by atoms with Crippen molar-refractivity contribution in [3.05, 3.63) is 77.0 Å². The molecule has 1 aliphatic heterocycles. The van der Waals surface area contributed by atoms with Gasteiger partial charge in [0.25, 0.3) is 0 Å². The van der Waals surface area contributed by atoms with Crippen molar-refractivity contribution >= 4 is 27.5 Å². The zero-order chi connectivity index (χ0) is 23.6. The molecule has 7 nitrogen and oxygen atoms in total. The molecule has 0 bridgehead atoms. The highest BCUT2D eigenvalue weighted by Crippen LogP contribution is 2.21. The number of hydrogen-bond donors (Lipinski definition) is 1. The summed E-state index contributed by atoms with van der Waals surface area (Å²) in [6.07, 6.45) is 0. The third-order valence-corrected chi connectivity index (χ3v) is 7.20. The Morgan fingerprint density at radius 3 is 2.18 bits per heavy atom. The van der Waals surface area contributed by atoms with Crippen LogP contribution in [0, 0.1) is 25.5 Å². The van der Waals surface area contributed by atoms with Crippen LogP contribution in [0.5, 0.6) is 0 Å². The molecule has 4 rings (SSSR count). The van der Waals surface area contributed by atoms with Crippen LogP contribution in [0.25, 0.3) is 0 Å². The van der Waals surface area contributed by atoms with Gasteiger partial charge in [-0.2, -0.15) is 9.29 Å². The van der Waals surface area contributed by atoms with Crippen LogP contribution in [-0.4, -0.2) is 48.9 Å². The number of sulfonamides is 1. The van der Waals surface area contributed by atoms with Crippen LogP contribution in [0.15, 0.2) is 48.5 Å². The second-order valence-corrected chi connectivity index (χ2v) is 10.1. The maximum Gasteiger partial charge on any atom is 0.227 e. The molecule has 1 saturated heterocycles. The van der Waals surface area contributed by atoms with Crippen molar-refractivity contribution in [1.82, 2.24) is 14.3 Å².